The van der Waals surface area contributed by atoms with Crippen LogP contribution in [0.4, 0.5) is 10.1 Å². The van der Waals surface area contributed by atoms with E-state index in [1.807, 2.05) is 6.92 Å². The first-order chi connectivity index (χ1) is 12.5. The molecule has 0 aliphatic heterocycles. The summed E-state index contributed by atoms with van der Waals surface area (Å²) < 4.78 is 18.9. The van der Waals surface area contributed by atoms with Crippen molar-refractivity contribution in [2.75, 3.05) is 24.6 Å². The molecule has 0 aliphatic rings. The first-order valence-corrected chi connectivity index (χ1v) is 8.52. The summed E-state index contributed by atoms with van der Waals surface area (Å²) in [5.41, 5.74) is 1.16. The largest absolute Gasteiger partial charge is 0.494 e. The number of amides is 2. The van der Waals surface area contributed by atoms with E-state index in [-0.39, 0.29) is 24.2 Å². The zero-order valence-corrected chi connectivity index (χ0v) is 15.0. The molecule has 0 bridgehead atoms. The van der Waals surface area contributed by atoms with Gasteiger partial charge in [0.2, 0.25) is 11.8 Å². The normalized spacial score (nSPS) is 10.3. The zero-order valence-electron chi connectivity index (χ0n) is 15.0. The van der Waals surface area contributed by atoms with Crippen molar-refractivity contribution in [1.82, 2.24) is 5.32 Å². The second-order valence-corrected chi connectivity index (χ2v) is 5.72. The highest BCUT2D eigenvalue weighted by Crippen LogP contribution is 2.19. The number of halogens is 1. The van der Waals surface area contributed by atoms with Crippen molar-refractivity contribution in [3.8, 4) is 5.75 Å². The minimum absolute atomic E-state index is 0.0966. The molecule has 0 heterocycles. The maximum atomic E-state index is 13.6. The minimum atomic E-state index is -0.301. The number of anilines is 1. The third kappa shape index (κ3) is 5.58. The van der Waals surface area contributed by atoms with Gasteiger partial charge < -0.3 is 15.0 Å². The van der Waals surface area contributed by atoms with Gasteiger partial charge in [0, 0.05) is 19.2 Å². The number of benzene rings is 2. The van der Waals surface area contributed by atoms with E-state index in [4.69, 9.17) is 4.74 Å². The zero-order chi connectivity index (χ0) is 18.9. The van der Waals surface area contributed by atoms with Crippen LogP contribution in [0, 0.1) is 5.82 Å². The van der Waals surface area contributed by atoms with Gasteiger partial charge >= 0.3 is 0 Å². The van der Waals surface area contributed by atoms with Gasteiger partial charge in [0.15, 0.2) is 0 Å². The van der Waals surface area contributed by atoms with Crippen LogP contribution in [0.15, 0.2) is 48.5 Å². The topological polar surface area (TPSA) is 58.6 Å². The van der Waals surface area contributed by atoms with E-state index in [2.05, 4.69) is 5.32 Å². The van der Waals surface area contributed by atoms with Crippen LogP contribution in [0.25, 0.3) is 0 Å². The molecule has 2 aromatic carbocycles. The van der Waals surface area contributed by atoms with Gasteiger partial charge in [0.25, 0.3) is 0 Å². The average molecular weight is 358 g/mol. The number of carbonyl (C=O) groups is 2. The number of rotatable bonds is 8. The Morgan fingerprint density at radius 2 is 1.81 bits per heavy atom. The molecule has 0 saturated heterocycles. The molecule has 2 amide bonds. The predicted molar refractivity (Wildman–Crippen MR) is 98.8 cm³/mol. The first-order valence-electron chi connectivity index (χ1n) is 8.52. The lowest BCUT2D eigenvalue weighted by Gasteiger charge is -2.21. The van der Waals surface area contributed by atoms with Crippen molar-refractivity contribution in [3.63, 3.8) is 0 Å². The van der Waals surface area contributed by atoms with E-state index in [9.17, 15) is 14.0 Å². The van der Waals surface area contributed by atoms with Crippen LogP contribution in [0.1, 0.15) is 19.4 Å². The summed E-state index contributed by atoms with van der Waals surface area (Å²) in [6, 6.07) is 13.4. The smallest absolute Gasteiger partial charge is 0.240 e. The van der Waals surface area contributed by atoms with E-state index in [1.54, 1.807) is 42.5 Å². The Balaban J connectivity index is 1.91. The van der Waals surface area contributed by atoms with Gasteiger partial charge in [0.1, 0.15) is 18.1 Å². The van der Waals surface area contributed by atoms with Crippen LogP contribution in [-0.2, 0) is 16.0 Å². The SMILES string of the molecule is CCOc1ccc(N(CC(=O)NCCc2ccccc2F)C(C)=O)cc1. The van der Waals surface area contributed by atoms with E-state index in [0.29, 0.717) is 36.6 Å². The van der Waals surface area contributed by atoms with E-state index in [1.165, 1.54) is 17.9 Å². The molecule has 0 fully saturated rings. The van der Waals surface area contributed by atoms with Crippen molar-refractivity contribution < 1.29 is 18.7 Å². The van der Waals surface area contributed by atoms with Gasteiger partial charge in [-0.2, -0.15) is 0 Å². The number of ether oxygens (including phenoxy) is 1. The summed E-state index contributed by atoms with van der Waals surface area (Å²) in [7, 11) is 0. The van der Waals surface area contributed by atoms with Crippen LogP contribution < -0.4 is 15.0 Å². The minimum Gasteiger partial charge on any atom is -0.494 e. The first kappa shape index (κ1) is 19.4. The Hall–Kier alpha value is -2.89. The van der Waals surface area contributed by atoms with Gasteiger partial charge in [-0.05, 0) is 49.2 Å². The maximum absolute atomic E-state index is 13.6. The van der Waals surface area contributed by atoms with Gasteiger partial charge in [0.05, 0.1) is 6.61 Å². The summed E-state index contributed by atoms with van der Waals surface area (Å²) in [6.07, 6.45) is 0.390. The Bertz CT molecular complexity index is 747. The van der Waals surface area contributed by atoms with Crippen LogP contribution in [0.2, 0.25) is 0 Å². The predicted octanol–water partition coefficient (Wildman–Crippen LogP) is 2.94. The quantitative estimate of drug-likeness (QED) is 0.789. The molecule has 26 heavy (non-hydrogen) atoms. The monoisotopic (exact) mass is 358 g/mol. The van der Waals surface area contributed by atoms with Crippen molar-refractivity contribution in [2.24, 2.45) is 0 Å². The summed E-state index contributed by atoms with van der Waals surface area (Å²) in [5.74, 6) is -0.126. The fraction of sp³-hybridized carbons (Fsp3) is 0.300. The molecule has 0 saturated carbocycles. The van der Waals surface area contributed by atoms with Crippen molar-refractivity contribution in [1.29, 1.82) is 0 Å². The second kappa shape index (κ2) is 9.56. The van der Waals surface area contributed by atoms with E-state index in [0.717, 1.165) is 0 Å². The molecular formula is C20H23FN2O3. The molecule has 6 heteroatoms. The van der Waals surface area contributed by atoms with Gasteiger partial charge in [-0.1, -0.05) is 18.2 Å². The molecule has 5 nitrogen and oxygen atoms in total. The number of nitrogens with one attached hydrogen (secondary N) is 1. The molecule has 0 atom stereocenters. The lowest BCUT2D eigenvalue weighted by molar-refractivity contribution is -0.123. The Labute approximate surface area is 152 Å². The van der Waals surface area contributed by atoms with Crippen LogP contribution >= 0.6 is 0 Å². The van der Waals surface area contributed by atoms with E-state index >= 15 is 0 Å². The molecule has 0 radical (unpaired) electrons. The third-order valence-electron chi connectivity index (χ3n) is 3.82. The lowest BCUT2D eigenvalue weighted by atomic mass is 10.1. The van der Waals surface area contributed by atoms with Crippen LogP contribution in [0.3, 0.4) is 0 Å². The third-order valence-corrected chi connectivity index (χ3v) is 3.82. The molecule has 0 spiro atoms. The number of nitrogens with zero attached hydrogens (tertiary/aromatic N) is 1. The van der Waals surface area contributed by atoms with Crippen molar-refractivity contribution >= 4 is 17.5 Å². The molecule has 2 aromatic rings. The van der Waals surface area contributed by atoms with Crippen LogP contribution in [0.5, 0.6) is 5.75 Å². The van der Waals surface area contributed by atoms with Crippen LogP contribution in [-0.4, -0.2) is 31.5 Å². The van der Waals surface area contributed by atoms with E-state index < -0.39 is 0 Å². The number of carbonyl (C=O) groups excluding carboxylic acids is 2. The summed E-state index contributed by atoms with van der Waals surface area (Å²) in [5, 5.41) is 2.72. The lowest BCUT2D eigenvalue weighted by Crippen LogP contribution is -2.40. The van der Waals surface area contributed by atoms with Gasteiger partial charge in [-0.15, -0.1) is 0 Å². The Morgan fingerprint density at radius 3 is 2.42 bits per heavy atom. The molecule has 0 aliphatic carbocycles. The highest BCUT2D eigenvalue weighted by molar-refractivity contribution is 5.97. The highest BCUT2D eigenvalue weighted by atomic mass is 19.1. The number of hydrogen-bond donors (Lipinski definition) is 1. The molecule has 0 unspecified atom stereocenters. The highest BCUT2D eigenvalue weighted by Gasteiger charge is 2.15. The summed E-state index contributed by atoms with van der Waals surface area (Å²) >= 11 is 0. The molecule has 138 valence electrons. The van der Waals surface area contributed by atoms with Gasteiger partial charge in [-0.25, -0.2) is 4.39 Å². The Morgan fingerprint density at radius 1 is 1.12 bits per heavy atom. The number of hydrogen-bond acceptors (Lipinski definition) is 3. The second-order valence-electron chi connectivity index (χ2n) is 5.72. The Kier molecular flexibility index (Phi) is 7.14. The van der Waals surface area contributed by atoms with Crippen molar-refractivity contribution in [3.05, 3.63) is 59.9 Å². The maximum Gasteiger partial charge on any atom is 0.240 e. The molecular weight excluding hydrogens is 335 g/mol. The summed E-state index contributed by atoms with van der Waals surface area (Å²) in [4.78, 5) is 25.4. The molecule has 0 aromatic heterocycles. The van der Waals surface area contributed by atoms with Gasteiger partial charge in [-0.3, -0.25) is 9.59 Å². The fourth-order valence-corrected chi connectivity index (χ4v) is 2.51. The molecule has 2 rings (SSSR count). The standard InChI is InChI=1S/C20H23FN2O3/c1-3-26-18-10-8-17(9-11-18)23(15(2)24)14-20(25)22-13-12-16-6-4-5-7-19(16)21/h4-11H,3,12-14H2,1-2H3,(H,22,25). The molecule has 1 N–H and O–H groups in total. The van der Waals surface area contributed by atoms with Crippen molar-refractivity contribution in [2.45, 2.75) is 20.3 Å². The fourth-order valence-electron chi connectivity index (χ4n) is 2.51. The average Bonchev–Trinajstić information content (AvgIpc) is 2.62. The summed E-state index contributed by atoms with van der Waals surface area (Å²) in [6.45, 7) is 4.06.